The van der Waals surface area contributed by atoms with Crippen LogP contribution in [0.1, 0.15) is 26.2 Å². The first-order valence-electron chi connectivity index (χ1n) is 5.55. The van der Waals surface area contributed by atoms with Gasteiger partial charge >= 0.3 is 0 Å². The molecule has 0 spiro atoms. The van der Waals surface area contributed by atoms with Crippen LogP contribution in [-0.2, 0) is 14.6 Å². The van der Waals surface area contributed by atoms with Gasteiger partial charge in [-0.1, -0.05) is 0 Å². The van der Waals surface area contributed by atoms with E-state index in [1.54, 1.807) is 0 Å². The molecule has 2 atom stereocenters. The van der Waals surface area contributed by atoms with E-state index >= 15 is 0 Å². The van der Waals surface area contributed by atoms with E-state index in [0.29, 0.717) is 18.1 Å². The quantitative estimate of drug-likeness (QED) is 0.747. The Morgan fingerprint density at radius 2 is 2.27 bits per heavy atom. The Bertz CT molecular complexity index is 320. The summed E-state index contributed by atoms with van der Waals surface area (Å²) in [5, 5.41) is 3.45. The molecule has 88 valence electrons. The van der Waals surface area contributed by atoms with Crippen LogP contribution in [0.25, 0.3) is 0 Å². The number of sulfone groups is 1. The van der Waals surface area contributed by atoms with Crippen molar-refractivity contribution in [2.45, 2.75) is 37.8 Å². The van der Waals surface area contributed by atoms with Crippen molar-refractivity contribution in [1.82, 2.24) is 5.32 Å². The minimum absolute atomic E-state index is 0.0250. The van der Waals surface area contributed by atoms with Crippen molar-refractivity contribution in [1.29, 1.82) is 0 Å². The van der Waals surface area contributed by atoms with E-state index in [4.69, 9.17) is 4.74 Å². The van der Waals surface area contributed by atoms with Crippen LogP contribution >= 0.6 is 0 Å². The lowest BCUT2D eigenvalue weighted by molar-refractivity contribution is 0.0244. The van der Waals surface area contributed by atoms with Crippen LogP contribution < -0.4 is 5.32 Å². The molecule has 0 aromatic heterocycles. The Balaban J connectivity index is 1.91. The van der Waals surface area contributed by atoms with Gasteiger partial charge in [0, 0.05) is 18.2 Å². The largest absolute Gasteiger partial charge is 0.380 e. The van der Waals surface area contributed by atoms with Crippen molar-refractivity contribution >= 4 is 9.84 Å². The van der Waals surface area contributed by atoms with Crippen LogP contribution in [0.15, 0.2) is 0 Å². The first kappa shape index (κ1) is 11.4. The van der Waals surface area contributed by atoms with Crippen molar-refractivity contribution < 1.29 is 13.2 Å². The van der Waals surface area contributed by atoms with E-state index in [9.17, 15) is 8.42 Å². The fourth-order valence-corrected chi connectivity index (χ4v) is 4.12. The zero-order chi connectivity index (χ0) is 10.9. The Morgan fingerprint density at radius 1 is 1.47 bits per heavy atom. The molecule has 2 saturated heterocycles. The van der Waals surface area contributed by atoms with E-state index in [-0.39, 0.29) is 11.6 Å². The van der Waals surface area contributed by atoms with Gasteiger partial charge in [-0.2, -0.15) is 0 Å². The molecule has 0 aromatic carbocycles. The van der Waals surface area contributed by atoms with Gasteiger partial charge in [0.1, 0.15) is 0 Å². The SMILES string of the molecule is CC1(NC2CCS(=O)(=O)C2)CCCOC1. The molecule has 2 unspecified atom stereocenters. The second kappa shape index (κ2) is 4.03. The van der Waals surface area contributed by atoms with Crippen LogP contribution in [0.4, 0.5) is 0 Å². The average Bonchev–Trinajstić information content (AvgIpc) is 2.45. The summed E-state index contributed by atoms with van der Waals surface area (Å²) in [7, 11) is -2.78. The maximum atomic E-state index is 11.3. The number of nitrogens with one attached hydrogen (secondary N) is 1. The molecule has 2 heterocycles. The second-order valence-electron chi connectivity index (χ2n) is 4.96. The highest BCUT2D eigenvalue weighted by Gasteiger charge is 2.35. The highest BCUT2D eigenvalue weighted by atomic mass is 32.2. The van der Waals surface area contributed by atoms with Gasteiger partial charge in [0.05, 0.1) is 18.1 Å². The van der Waals surface area contributed by atoms with Gasteiger partial charge in [-0.25, -0.2) is 8.42 Å². The summed E-state index contributed by atoms with van der Waals surface area (Å²) in [5.74, 6) is 0.629. The summed E-state index contributed by atoms with van der Waals surface area (Å²) in [6.45, 7) is 3.65. The molecular weight excluding hydrogens is 214 g/mol. The Kier molecular flexibility index (Phi) is 3.05. The molecular formula is C10H19NO3S. The summed E-state index contributed by atoms with van der Waals surface area (Å²) in [5.41, 5.74) is -0.0250. The smallest absolute Gasteiger partial charge is 0.151 e. The highest BCUT2D eigenvalue weighted by molar-refractivity contribution is 7.91. The van der Waals surface area contributed by atoms with Crippen LogP contribution in [0.3, 0.4) is 0 Å². The third kappa shape index (κ3) is 2.92. The molecule has 2 rings (SSSR count). The van der Waals surface area contributed by atoms with E-state index in [1.807, 2.05) is 0 Å². The molecule has 5 heteroatoms. The normalized spacial score (nSPS) is 40.5. The molecule has 1 N–H and O–H groups in total. The summed E-state index contributed by atoms with van der Waals surface area (Å²) in [4.78, 5) is 0. The number of hydrogen-bond donors (Lipinski definition) is 1. The maximum absolute atomic E-state index is 11.3. The number of hydrogen-bond acceptors (Lipinski definition) is 4. The topological polar surface area (TPSA) is 55.4 Å². The maximum Gasteiger partial charge on any atom is 0.151 e. The number of rotatable bonds is 2. The van der Waals surface area contributed by atoms with Crippen molar-refractivity contribution in [3.05, 3.63) is 0 Å². The first-order chi connectivity index (χ1) is 6.99. The van der Waals surface area contributed by atoms with Crippen molar-refractivity contribution in [2.24, 2.45) is 0 Å². The predicted octanol–water partition coefficient (Wildman–Crippen LogP) is 0.332. The Labute approximate surface area is 91.3 Å². The minimum atomic E-state index is -2.78. The fourth-order valence-electron chi connectivity index (χ4n) is 2.45. The molecule has 15 heavy (non-hydrogen) atoms. The Hall–Kier alpha value is -0.130. The van der Waals surface area contributed by atoms with E-state index in [1.165, 1.54) is 0 Å². The molecule has 2 aliphatic rings. The van der Waals surface area contributed by atoms with Gasteiger partial charge in [0.25, 0.3) is 0 Å². The highest BCUT2D eigenvalue weighted by Crippen LogP contribution is 2.22. The molecule has 2 fully saturated rings. The molecule has 0 saturated carbocycles. The van der Waals surface area contributed by atoms with Gasteiger partial charge in [-0.15, -0.1) is 0 Å². The second-order valence-corrected chi connectivity index (χ2v) is 7.19. The minimum Gasteiger partial charge on any atom is -0.380 e. The lowest BCUT2D eigenvalue weighted by Gasteiger charge is -2.36. The van der Waals surface area contributed by atoms with Crippen LogP contribution in [0.5, 0.6) is 0 Å². The third-order valence-electron chi connectivity index (χ3n) is 3.22. The monoisotopic (exact) mass is 233 g/mol. The van der Waals surface area contributed by atoms with Crippen molar-refractivity contribution in [2.75, 3.05) is 24.7 Å². The van der Waals surface area contributed by atoms with Crippen LogP contribution in [0.2, 0.25) is 0 Å². The fraction of sp³-hybridized carbons (Fsp3) is 1.00. The number of ether oxygens (including phenoxy) is 1. The molecule has 0 radical (unpaired) electrons. The van der Waals surface area contributed by atoms with Gasteiger partial charge in [-0.05, 0) is 26.2 Å². The molecule has 0 aromatic rings. The van der Waals surface area contributed by atoms with Gasteiger partial charge in [-0.3, -0.25) is 0 Å². The summed E-state index contributed by atoms with van der Waals surface area (Å²) < 4.78 is 28.1. The molecule has 2 aliphatic heterocycles. The summed E-state index contributed by atoms with van der Waals surface area (Å²) in [6.07, 6.45) is 2.88. The zero-order valence-electron chi connectivity index (χ0n) is 9.16. The van der Waals surface area contributed by atoms with E-state index in [0.717, 1.165) is 25.9 Å². The Morgan fingerprint density at radius 3 is 2.80 bits per heavy atom. The standard InChI is InChI=1S/C10H19NO3S/c1-10(4-2-5-14-8-10)11-9-3-6-15(12,13)7-9/h9,11H,2-8H2,1H3. The van der Waals surface area contributed by atoms with Crippen molar-refractivity contribution in [3.63, 3.8) is 0 Å². The summed E-state index contributed by atoms with van der Waals surface area (Å²) >= 11 is 0. The van der Waals surface area contributed by atoms with Gasteiger partial charge in [0.2, 0.25) is 0 Å². The van der Waals surface area contributed by atoms with E-state index in [2.05, 4.69) is 12.2 Å². The molecule has 0 amide bonds. The average molecular weight is 233 g/mol. The van der Waals surface area contributed by atoms with E-state index < -0.39 is 9.84 Å². The summed E-state index contributed by atoms with van der Waals surface area (Å²) in [6, 6.07) is 0.127. The first-order valence-corrected chi connectivity index (χ1v) is 7.37. The van der Waals surface area contributed by atoms with Gasteiger partial charge in [0.15, 0.2) is 9.84 Å². The predicted molar refractivity (Wildman–Crippen MR) is 58.7 cm³/mol. The molecule has 0 bridgehead atoms. The lowest BCUT2D eigenvalue weighted by atomic mass is 9.93. The lowest BCUT2D eigenvalue weighted by Crippen LogP contribution is -2.53. The molecule has 0 aliphatic carbocycles. The third-order valence-corrected chi connectivity index (χ3v) is 4.99. The molecule has 4 nitrogen and oxygen atoms in total. The zero-order valence-corrected chi connectivity index (χ0v) is 9.98. The van der Waals surface area contributed by atoms with Crippen LogP contribution in [0, 0.1) is 0 Å². The van der Waals surface area contributed by atoms with Crippen LogP contribution in [-0.4, -0.2) is 44.7 Å². The van der Waals surface area contributed by atoms with Crippen molar-refractivity contribution in [3.8, 4) is 0 Å². The van der Waals surface area contributed by atoms with Gasteiger partial charge < -0.3 is 10.1 Å².